The van der Waals surface area contributed by atoms with Crippen LogP contribution in [0.25, 0.3) is 0 Å². The maximum absolute atomic E-state index is 13.0. The smallest absolute Gasteiger partial charge is 0.274 e. The number of carbonyl (C=O) groups excluding carboxylic acids is 1. The molecule has 0 aromatic carbocycles. The Bertz CT molecular complexity index is 552. The second-order valence-corrected chi connectivity index (χ2v) is 6.93. The summed E-state index contributed by atoms with van der Waals surface area (Å²) in [7, 11) is 2.16. The van der Waals surface area contributed by atoms with E-state index in [0.717, 1.165) is 38.9 Å². The van der Waals surface area contributed by atoms with E-state index >= 15 is 0 Å². The Morgan fingerprint density at radius 3 is 3.00 bits per heavy atom. The standard InChI is InChI=1S/C16H24N4O/c1-19-9-11-5-4-8-20(14(11)10-19)16(21)15-12-6-2-3-7-13(12)17-18-15/h11,14H,2-10H2,1H3,(H,17,18)/t11-,14+/m0/s1. The van der Waals surface area contributed by atoms with Crippen molar-refractivity contribution in [1.29, 1.82) is 0 Å². The molecular formula is C16H24N4O. The Balaban J connectivity index is 1.60. The van der Waals surface area contributed by atoms with Crippen LogP contribution in [-0.2, 0) is 12.8 Å². The number of nitrogens with zero attached hydrogens (tertiary/aromatic N) is 3. The molecular weight excluding hydrogens is 264 g/mol. The van der Waals surface area contributed by atoms with Crippen molar-refractivity contribution >= 4 is 5.91 Å². The van der Waals surface area contributed by atoms with E-state index in [2.05, 4.69) is 27.0 Å². The zero-order chi connectivity index (χ0) is 14.4. The van der Waals surface area contributed by atoms with Crippen molar-refractivity contribution in [3.8, 4) is 0 Å². The third-order valence-electron chi connectivity index (χ3n) is 5.48. The molecule has 1 aliphatic carbocycles. The van der Waals surface area contributed by atoms with Crippen molar-refractivity contribution in [2.45, 2.75) is 44.6 Å². The summed E-state index contributed by atoms with van der Waals surface area (Å²) in [5.41, 5.74) is 3.10. The summed E-state index contributed by atoms with van der Waals surface area (Å²) in [6, 6.07) is 0.396. The molecule has 0 spiro atoms. The molecule has 2 saturated heterocycles. The first kappa shape index (κ1) is 13.3. The van der Waals surface area contributed by atoms with Crippen molar-refractivity contribution in [1.82, 2.24) is 20.0 Å². The van der Waals surface area contributed by atoms with E-state index in [1.165, 1.54) is 30.5 Å². The van der Waals surface area contributed by atoms with Gasteiger partial charge in [-0.3, -0.25) is 9.89 Å². The molecule has 5 heteroatoms. The molecule has 21 heavy (non-hydrogen) atoms. The van der Waals surface area contributed by atoms with Crippen LogP contribution >= 0.6 is 0 Å². The fourth-order valence-corrected chi connectivity index (χ4v) is 4.44. The number of rotatable bonds is 1. The SMILES string of the molecule is CN1C[C@@H]2CCCN(C(=O)c3n[nH]c4c3CCCC4)[C@@H]2C1. The number of likely N-dealkylation sites (tertiary alicyclic amines) is 2. The Morgan fingerprint density at radius 1 is 1.24 bits per heavy atom. The lowest BCUT2D eigenvalue weighted by Crippen LogP contribution is -2.48. The number of nitrogens with one attached hydrogen (secondary N) is 1. The van der Waals surface area contributed by atoms with Crippen LogP contribution in [0.4, 0.5) is 0 Å². The number of fused-ring (bicyclic) bond motifs is 2. The predicted octanol–water partition coefficient (Wildman–Crippen LogP) is 1.45. The average Bonchev–Trinajstić information content (AvgIpc) is 3.08. The average molecular weight is 288 g/mol. The number of amides is 1. The molecule has 2 aliphatic heterocycles. The van der Waals surface area contributed by atoms with E-state index < -0.39 is 0 Å². The number of likely N-dealkylation sites (N-methyl/N-ethyl adjacent to an activating group) is 1. The fourth-order valence-electron chi connectivity index (χ4n) is 4.44. The number of aromatic nitrogens is 2. The van der Waals surface area contributed by atoms with Crippen molar-refractivity contribution in [3.05, 3.63) is 17.0 Å². The molecule has 0 saturated carbocycles. The van der Waals surface area contributed by atoms with E-state index in [-0.39, 0.29) is 5.91 Å². The number of aryl methyl sites for hydroxylation is 1. The minimum atomic E-state index is 0.166. The summed E-state index contributed by atoms with van der Waals surface area (Å²) >= 11 is 0. The van der Waals surface area contributed by atoms with Crippen molar-refractivity contribution in [2.24, 2.45) is 5.92 Å². The van der Waals surface area contributed by atoms with Gasteiger partial charge in [0, 0.05) is 36.9 Å². The lowest BCUT2D eigenvalue weighted by molar-refractivity contribution is 0.0564. The van der Waals surface area contributed by atoms with E-state index in [4.69, 9.17) is 0 Å². The maximum atomic E-state index is 13.0. The lowest BCUT2D eigenvalue weighted by atomic mass is 9.91. The predicted molar refractivity (Wildman–Crippen MR) is 80.3 cm³/mol. The quantitative estimate of drug-likeness (QED) is 0.851. The normalized spacial score (nSPS) is 29.3. The van der Waals surface area contributed by atoms with Gasteiger partial charge in [-0.1, -0.05) is 0 Å². The van der Waals surface area contributed by atoms with Gasteiger partial charge in [0.25, 0.3) is 5.91 Å². The van der Waals surface area contributed by atoms with Crippen LogP contribution < -0.4 is 0 Å². The molecule has 1 aromatic heterocycles. The molecule has 5 nitrogen and oxygen atoms in total. The molecule has 0 unspecified atom stereocenters. The van der Waals surface area contributed by atoms with Gasteiger partial charge < -0.3 is 9.80 Å². The van der Waals surface area contributed by atoms with Crippen molar-refractivity contribution in [3.63, 3.8) is 0 Å². The van der Waals surface area contributed by atoms with Crippen molar-refractivity contribution < 1.29 is 4.79 Å². The van der Waals surface area contributed by atoms with E-state index in [1.54, 1.807) is 0 Å². The van der Waals surface area contributed by atoms with Gasteiger partial charge in [-0.05, 0) is 51.5 Å². The van der Waals surface area contributed by atoms with Gasteiger partial charge in [-0.25, -0.2) is 0 Å². The van der Waals surface area contributed by atoms with Crippen LogP contribution in [0.5, 0.6) is 0 Å². The highest BCUT2D eigenvalue weighted by molar-refractivity contribution is 5.94. The minimum absolute atomic E-state index is 0.166. The number of hydrogen-bond donors (Lipinski definition) is 1. The first-order chi connectivity index (χ1) is 10.2. The van der Waals surface area contributed by atoms with Crippen LogP contribution in [0.2, 0.25) is 0 Å². The van der Waals surface area contributed by atoms with Gasteiger partial charge in [0.2, 0.25) is 0 Å². The van der Waals surface area contributed by atoms with Crippen molar-refractivity contribution in [2.75, 3.05) is 26.7 Å². The van der Waals surface area contributed by atoms with Crippen LogP contribution in [0.3, 0.4) is 0 Å². The summed E-state index contributed by atoms with van der Waals surface area (Å²) in [5.74, 6) is 0.821. The highest BCUT2D eigenvalue weighted by Gasteiger charge is 2.41. The van der Waals surface area contributed by atoms with Gasteiger partial charge >= 0.3 is 0 Å². The van der Waals surface area contributed by atoms with Gasteiger partial charge in [-0.2, -0.15) is 5.10 Å². The number of aromatic amines is 1. The summed E-state index contributed by atoms with van der Waals surface area (Å²) in [6.07, 6.45) is 6.84. The summed E-state index contributed by atoms with van der Waals surface area (Å²) in [4.78, 5) is 17.5. The van der Waals surface area contributed by atoms with Gasteiger partial charge in [0.15, 0.2) is 5.69 Å². The number of H-pyrrole nitrogens is 1. The molecule has 0 bridgehead atoms. The highest BCUT2D eigenvalue weighted by atomic mass is 16.2. The minimum Gasteiger partial charge on any atom is -0.333 e. The number of carbonyl (C=O) groups is 1. The Labute approximate surface area is 125 Å². The third-order valence-corrected chi connectivity index (χ3v) is 5.48. The molecule has 0 radical (unpaired) electrons. The van der Waals surface area contributed by atoms with E-state index in [9.17, 15) is 4.79 Å². The molecule has 1 N–H and O–H groups in total. The molecule has 114 valence electrons. The van der Waals surface area contributed by atoms with Gasteiger partial charge in [-0.15, -0.1) is 0 Å². The fraction of sp³-hybridized carbons (Fsp3) is 0.750. The Morgan fingerprint density at radius 2 is 2.10 bits per heavy atom. The van der Waals surface area contributed by atoms with E-state index in [1.807, 2.05) is 0 Å². The summed E-state index contributed by atoms with van der Waals surface area (Å²) < 4.78 is 0. The van der Waals surface area contributed by atoms with Crippen LogP contribution in [0, 0.1) is 5.92 Å². The monoisotopic (exact) mass is 288 g/mol. The van der Waals surface area contributed by atoms with E-state index in [0.29, 0.717) is 17.7 Å². The first-order valence-electron chi connectivity index (χ1n) is 8.29. The lowest BCUT2D eigenvalue weighted by Gasteiger charge is -2.36. The molecule has 2 atom stereocenters. The molecule has 4 rings (SSSR count). The largest absolute Gasteiger partial charge is 0.333 e. The van der Waals surface area contributed by atoms with Gasteiger partial charge in [0.05, 0.1) is 0 Å². The summed E-state index contributed by atoms with van der Waals surface area (Å²) in [5, 5.41) is 7.48. The third kappa shape index (κ3) is 2.18. The first-order valence-corrected chi connectivity index (χ1v) is 8.29. The Hall–Kier alpha value is -1.36. The van der Waals surface area contributed by atoms with Crippen LogP contribution in [0.1, 0.15) is 47.4 Å². The maximum Gasteiger partial charge on any atom is 0.274 e. The molecule has 3 aliphatic rings. The van der Waals surface area contributed by atoms with Crippen LogP contribution in [0.15, 0.2) is 0 Å². The molecule has 3 heterocycles. The molecule has 2 fully saturated rings. The second-order valence-electron chi connectivity index (χ2n) is 6.93. The summed E-state index contributed by atoms with van der Waals surface area (Å²) in [6.45, 7) is 3.05. The van der Waals surface area contributed by atoms with Gasteiger partial charge in [0.1, 0.15) is 0 Å². The van der Waals surface area contributed by atoms with Crippen LogP contribution in [-0.4, -0.2) is 58.6 Å². The zero-order valence-corrected chi connectivity index (χ0v) is 12.8. The zero-order valence-electron chi connectivity index (χ0n) is 12.8. The topological polar surface area (TPSA) is 52.2 Å². The molecule has 1 aromatic rings. The Kier molecular flexibility index (Phi) is 3.25. The second kappa shape index (κ2) is 5.13. The highest BCUT2D eigenvalue weighted by Crippen LogP contribution is 2.32. The number of hydrogen-bond acceptors (Lipinski definition) is 3. The number of piperidine rings is 1. The molecule has 1 amide bonds.